The molecule has 1 amide bonds. The molecule has 118 valence electrons. The lowest BCUT2D eigenvalue weighted by molar-refractivity contribution is 0.0761. The van der Waals surface area contributed by atoms with E-state index in [0.717, 1.165) is 52.1 Å². The van der Waals surface area contributed by atoms with Crippen molar-refractivity contribution < 1.29 is 4.79 Å². The predicted octanol–water partition coefficient (Wildman–Crippen LogP) is 0.697. The van der Waals surface area contributed by atoms with Crippen molar-refractivity contribution in [1.82, 2.24) is 19.6 Å². The number of aromatic nitrogens is 2. The molecule has 1 fully saturated rings. The number of rotatable bonds is 6. The van der Waals surface area contributed by atoms with E-state index in [1.807, 2.05) is 11.9 Å². The first kappa shape index (κ1) is 16.0. The number of unbranched alkanes of at least 4 members (excludes halogenated alkanes) is 2. The summed E-state index contributed by atoms with van der Waals surface area (Å²) in [5.41, 5.74) is 6.21. The number of carbonyl (C=O) groups is 1. The van der Waals surface area contributed by atoms with Gasteiger partial charge in [0.1, 0.15) is 0 Å². The zero-order valence-electron chi connectivity index (χ0n) is 13.0. The van der Waals surface area contributed by atoms with E-state index in [1.165, 1.54) is 12.8 Å². The Balaban J connectivity index is 1.79. The molecule has 0 bridgehead atoms. The first-order valence-corrected chi connectivity index (χ1v) is 7.91. The average Bonchev–Trinajstić information content (AvgIpc) is 2.78. The van der Waals surface area contributed by atoms with Crippen LogP contribution in [-0.2, 0) is 7.05 Å². The zero-order valence-corrected chi connectivity index (χ0v) is 13.0. The van der Waals surface area contributed by atoms with Gasteiger partial charge in [-0.2, -0.15) is 5.10 Å². The molecule has 21 heavy (non-hydrogen) atoms. The first-order chi connectivity index (χ1) is 10.2. The van der Waals surface area contributed by atoms with Gasteiger partial charge in [0.2, 0.25) is 0 Å². The topological polar surface area (TPSA) is 67.4 Å². The zero-order chi connectivity index (χ0) is 15.1. The summed E-state index contributed by atoms with van der Waals surface area (Å²) in [7, 11) is 1.84. The minimum Gasteiger partial charge on any atom is -0.337 e. The van der Waals surface area contributed by atoms with Crippen molar-refractivity contribution in [3.8, 4) is 0 Å². The molecule has 1 aliphatic heterocycles. The Kier molecular flexibility index (Phi) is 6.20. The van der Waals surface area contributed by atoms with Crippen LogP contribution in [0.1, 0.15) is 36.0 Å². The Morgan fingerprint density at radius 1 is 1.24 bits per heavy atom. The summed E-state index contributed by atoms with van der Waals surface area (Å²) in [5, 5.41) is 4.08. The SMILES string of the molecule is Cn1cc(C(=O)N2CCCN(CCCCCN)CC2)cn1. The fourth-order valence-corrected chi connectivity index (χ4v) is 2.77. The minimum absolute atomic E-state index is 0.105. The van der Waals surface area contributed by atoms with Gasteiger partial charge in [-0.05, 0) is 38.9 Å². The van der Waals surface area contributed by atoms with E-state index in [4.69, 9.17) is 5.73 Å². The molecule has 0 atom stereocenters. The van der Waals surface area contributed by atoms with Crippen LogP contribution in [0.2, 0.25) is 0 Å². The van der Waals surface area contributed by atoms with Gasteiger partial charge in [-0.3, -0.25) is 9.48 Å². The van der Waals surface area contributed by atoms with Gasteiger partial charge in [-0.15, -0.1) is 0 Å². The molecule has 0 radical (unpaired) electrons. The van der Waals surface area contributed by atoms with E-state index >= 15 is 0 Å². The van der Waals surface area contributed by atoms with Gasteiger partial charge in [0, 0.05) is 32.9 Å². The third-order valence-corrected chi connectivity index (χ3v) is 4.01. The lowest BCUT2D eigenvalue weighted by Gasteiger charge is -2.21. The highest BCUT2D eigenvalue weighted by molar-refractivity contribution is 5.93. The highest BCUT2D eigenvalue weighted by atomic mass is 16.2. The number of hydrogen-bond donors (Lipinski definition) is 1. The molecule has 1 aromatic heterocycles. The van der Waals surface area contributed by atoms with Crippen molar-refractivity contribution >= 4 is 5.91 Å². The van der Waals surface area contributed by atoms with Crippen molar-refractivity contribution in [2.24, 2.45) is 12.8 Å². The van der Waals surface area contributed by atoms with E-state index in [-0.39, 0.29) is 5.91 Å². The minimum atomic E-state index is 0.105. The number of hydrogen-bond acceptors (Lipinski definition) is 4. The lowest BCUT2D eigenvalue weighted by Crippen LogP contribution is -2.35. The highest BCUT2D eigenvalue weighted by Crippen LogP contribution is 2.09. The quantitative estimate of drug-likeness (QED) is 0.784. The molecule has 0 unspecified atom stereocenters. The van der Waals surface area contributed by atoms with E-state index in [0.29, 0.717) is 5.56 Å². The Bertz CT molecular complexity index is 445. The van der Waals surface area contributed by atoms with Crippen molar-refractivity contribution in [3.63, 3.8) is 0 Å². The van der Waals surface area contributed by atoms with E-state index in [2.05, 4.69) is 10.00 Å². The van der Waals surface area contributed by atoms with E-state index in [9.17, 15) is 4.79 Å². The molecule has 6 heteroatoms. The van der Waals surface area contributed by atoms with Crippen molar-refractivity contribution in [2.45, 2.75) is 25.7 Å². The van der Waals surface area contributed by atoms with Gasteiger partial charge < -0.3 is 15.5 Å². The molecule has 1 aromatic rings. The fourth-order valence-electron chi connectivity index (χ4n) is 2.77. The summed E-state index contributed by atoms with van der Waals surface area (Å²) in [5.74, 6) is 0.105. The normalized spacial score (nSPS) is 17.0. The van der Waals surface area contributed by atoms with Gasteiger partial charge in [0.05, 0.1) is 11.8 Å². The van der Waals surface area contributed by atoms with Crippen LogP contribution in [0.5, 0.6) is 0 Å². The Hall–Kier alpha value is -1.40. The summed E-state index contributed by atoms with van der Waals surface area (Å²) in [6.07, 6.45) is 8.00. The summed E-state index contributed by atoms with van der Waals surface area (Å²) >= 11 is 0. The number of amides is 1. The molecular weight excluding hydrogens is 266 g/mol. The largest absolute Gasteiger partial charge is 0.337 e. The summed E-state index contributed by atoms with van der Waals surface area (Å²) in [4.78, 5) is 16.8. The summed E-state index contributed by atoms with van der Waals surface area (Å²) < 4.78 is 1.68. The molecule has 1 aliphatic rings. The van der Waals surface area contributed by atoms with Crippen LogP contribution in [0.3, 0.4) is 0 Å². The van der Waals surface area contributed by atoms with Crippen LogP contribution in [0.15, 0.2) is 12.4 Å². The van der Waals surface area contributed by atoms with Crippen molar-refractivity contribution in [2.75, 3.05) is 39.3 Å². The van der Waals surface area contributed by atoms with Gasteiger partial charge in [-0.25, -0.2) is 0 Å². The van der Waals surface area contributed by atoms with Crippen LogP contribution < -0.4 is 5.73 Å². The molecule has 0 spiro atoms. The molecule has 2 heterocycles. The monoisotopic (exact) mass is 293 g/mol. The Morgan fingerprint density at radius 2 is 2.10 bits per heavy atom. The van der Waals surface area contributed by atoms with E-state index < -0.39 is 0 Å². The second-order valence-electron chi connectivity index (χ2n) is 5.74. The molecule has 1 saturated heterocycles. The third-order valence-electron chi connectivity index (χ3n) is 4.01. The molecule has 0 aromatic carbocycles. The maximum absolute atomic E-state index is 12.4. The third kappa shape index (κ3) is 4.82. The van der Waals surface area contributed by atoms with Crippen LogP contribution in [0, 0.1) is 0 Å². The second-order valence-corrected chi connectivity index (χ2v) is 5.74. The van der Waals surface area contributed by atoms with Gasteiger partial charge in [-0.1, -0.05) is 6.42 Å². The average molecular weight is 293 g/mol. The van der Waals surface area contributed by atoms with Gasteiger partial charge in [0.15, 0.2) is 0 Å². The van der Waals surface area contributed by atoms with Crippen LogP contribution >= 0.6 is 0 Å². The van der Waals surface area contributed by atoms with Crippen LogP contribution in [0.4, 0.5) is 0 Å². The molecule has 6 nitrogen and oxygen atoms in total. The lowest BCUT2D eigenvalue weighted by atomic mass is 10.2. The van der Waals surface area contributed by atoms with Crippen LogP contribution in [0.25, 0.3) is 0 Å². The summed E-state index contributed by atoms with van der Waals surface area (Å²) in [6, 6.07) is 0. The standard InChI is InChI=1S/C15H27N5O/c1-18-13-14(12-17-18)15(21)20-9-5-8-19(10-11-20)7-4-2-3-6-16/h12-13H,2-11,16H2,1H3. The molecule has 2 N–H and O–H groups in total. The molecule has 0 aliphatic carbocycles. The Morgan fingerprint density at radius 3 is 2.81 bits per heavy atom. The first-order valence-electron chi connectivity index (χ1n) is 7.91. The number of nitrogens with two attached hydrogens (primary N) is 1. The molecule has 2 rings (SSSR count). The molecule has 0 saturated carbocycles. The number of nitrogens with zero attached hydrogens (tertiary/aromatic N) is 4. The number of carbonyl (C=O) groups excluding carboxylic acids is 1. The second kappa shape index (κ2) is 8.14. The maximum atomic E-state index is 12.4. The van der Waals surface area contributed by atoms with Crippen molar-refractivity contribution in [1.29, 1.82) is 0 Å². The van der Waals surface area contributed by atoms with Crippen LogP contribution in [-0.4, -0.2) is 64.8 Å². The highest BCUT2D eigenvalue weighted by Gasteiger charge is 2.20. The number of aryl methyl sites for hydroxylation is 1. The van der Waals surface area contributed by atoms with Gasteiger partial charge in [0.25, 0.3) is 5.91 Å². The molecular formula is C15H27N5O. The maximum Gasteiger partial charge on any atom is 0.257 e. The van der Waals surface area contributed by atoms with E-state index in [1.54, 1.807) is 17.1 Å². The van der Waals surface area contributed by atoms with Crippen molar-refractivity contribution in [3.05, 3.63) is 18.0 Å². The Labute approximate surface area is 126 Å². The predicted molar refractivity (Wildman–Crippen MR) is 83.1 cm³/mol. The van der Waals surface area contributed by atoms with Gasteiger partial charge >= 0.3 is 0 Å². The summed E-state index contributed by atoms with van der Waals surface area (Å²) in [6.45, 7) is 5.61. The fraction of sp³-hybridized carbons (Fsp3) is 0.733. The smallest absolute Gasteiger partial charge is 0.257 e.